The molecule has 0 aliphatic carbocycles. The lowest BCUT2D eigenvalue weighted by molar-refractivity contribution is 0.0977. The quantitative estimate of drug-likeness (QED) is 0.738. The van der Waals surface area contributed by atoms with Crippen LogP contribution in [0.25, 0.3) is 0 Å². The number of thiocarbonyl (C=S) groups is 1. The van der Waals surface area contributed by atoms with Gasteiger partial charge in [-0.15, -0.1) is 0 Å². The van der Waals surface area contributed by atoms with Crippen molar-refractivity contribution in [3.8, 4) is 0 Å². The summed E-state index contributed by atoms with van der Waals surface area (Å²) in [5.41, 5.74) is 0.963. The van der Waals surface area contributed by atoms with E-state index in [0.29, 0.717) is 29.4 Å². The van der Waals surface area contributed by atoms with Gasteiger partial charge in [0.15, 0.2) is 5.11 Å². The zero-order valence-corrected chi connectivity index (χ0v) is 16.7. The van der Waals surface area contributed by atoms with Crippen molar-refractivity contribution in [3.63, 3.8) is 0 Å². The number of sulfonamides is 1. The number of hydrogen-bond acceptors (Lipinski definition) is 4. The number of halogens is 1. The van der Waals surface area contributed by atoms with Gasteiger partial charge in [0.25, 0.3) is 5.91 Å². The molecule has 1 aliphatic heterocycles. The van der Waals surface area contributed by atoms with Crippen LogP contribution in [-0.2, 0) is 10.0 Å². The van der Waals surface area contributed by atoms with E-state index >= 15 is 0 Å². The van der Waals surface area contributed by atoms with Crippen LogP contribution < -0.4 is 10.6 Å². The molecule has 1 fully saturated rings. The van der Waals surface area contributed by atoms with Crippen LogP contribution in [0.3, 0.4) is 0 Å². The van der Waals surface area contributed by atoms with Crippen molar-refractivity contribution in [2.75, 3.05) is 18.4 Å². The SMILES string of the molecule is O=C(NC(=S)Nc1ccc(S(=O)(=O)N2CCCC2)cc1)c1cccc(Cl)c1. The summed E-state index contributed by atoms with van der Waals surface area (Å²) in [5.74, 6) is -0.386. The molecule has 3 rings (SSSR count). The van der Waals surface area contributed by atoms with Crippen LogP contribution in [0.2, 0.25) is 5.02 Å². The molecule has 1 heterocycles. The Morgan fingerprint density at radius 1 is 1.07 bits per heavy atom. The van der Waals surface area contributed by atoms with Gasteiger partial charge in [-0.3, -0.25) is 10.1 Å². The second-order valence-electron chi connectivity index (χ2n) is 6.05. The van der Waals surface area contributed by atoms with Gasteiger partial charge in [0.2, 0.25) is 10.0 Å². The van der Waals surface area contributed by atoms with E-state index in [1.54, 1.807) is 30.3 Å². The maximum absolute atomic E-state index is 12.5. The second kappa shape index (κ2) is 8.35. The molecule has 0 aromatic heterocycles. The highest BCUT2D eigenvalue weighted by Crippen LogP contribution is 2.22. The lowest BCUT2D eigenvalue weighted by atomic mass is 10.2. The third-order valence-corrected chi connectivity index (χ3v) is 6.48. The van der Waals surface area contributed by atoms with Crippen molar-refractivity contribution < 1.29 is 13.2 Å². The first-order valence-electron chi connectivity index (χ1n) is 8.34. The summed E-state index contributed by atoms with van der Waals surface area (Å²) in [7, 11) is -3.45. The molecule has 1 saturated heterocycles. The van der Waals surface area contributed by atoms with Crippen LogP contribution in [0.5, 0.6) is 0 Å². The van der Waals surface area contributed by atoms with Crippen LogP contribution in [0, 0.1) is 0 Å². The number of hydrogen-bond donors (Lipinski definition) is 2. The van der Waals surface area contributed by atoms with Crippen molar-refractivity contribution >= 4 is 50.5 Å². The molecule has 0 radical (unpaired) electrons. The van der Waals surface area contributed by atoms with Gasteiger partial charge in [0, 0.05) is 29.4 Å². The Kier molecular flexibility index (Phi) is 6.11. The Morgan fingerprint density at radius 2 is 1.74 bits per heavy atom. The predicted molar refractivity (Wildman–Crippen MR) is 110 cm³/mol. The van der Waals surface area contributed by atoms with E-state index < -0.39 is 10.0 Å². The predicted octanol–water partition coefficient (Wildman–Crippen LogP) is 3.25. The number of amides is 1. The highest BCUT2D eigenvalue weighted by atomic mass is 35.5. The maximum Gasteiger partial charge on any atom is 0.257 e. The summed E-state index contributed by atoms with van der Waals surface area (Å²) in [6.45, 7) is 1.11. The van der Waals surface area contributed by atoms with Gasteiger partial charge >= 0.3 is 0 Å². The van der Waals surface area contributed by atoms with Crippen LogP contribution >= 0.6 is 23.8 Å². The Hall–Kier alpha value is -2.00. The largest absolute Gasteiger partial charge is 0.332 e. The first-order chi connectivity index (χ1) is 12.9. The molecule has 9 heteroatoms. The first-order valence-corrected chi connectivity index (χ1v) is 10.6. The number of carbonyl (C=O) groups excluding carboxylic acids is 1. The first kappa shape index (κ1) is 19.8. The molecule has 6 nitrogen and oxygen atoms in total. The zero-order chi connectivity index (χ0) is 19.4. The molecular weight excluding hydrogens is 406 g/mol. The molecule has 142 valence electrons. The number of nitrogens with one attached hydrogen (secondary N) is 2. The summed E-state index contributed by atoms with van der Waals surface area (Å²) < 4.78 is 26.5. The van der Waals surface area contributed by atoms with Crippen LogP contribution in [0.1, 0.15) is 23.2 Å². The van der Waals surface area contributed by atoms with Gasteiger partial charge in [-0.2, -0.15) is 4.31 Å². The van der Waals surface area contributed by atoms with Gasteiger partial charge < -0.3 is 5.32 Å². The van der Waals surface area contributed by atoms with Crippen molar-refractivity contribution in [1.29, 1.82) is 0 Å². The molecular formula is C18H18ClN3O3S2. The molecule has 0 atom stereocenters. The fourth-order valence-corrected chi connectivity index (χ4v) is 4.67. The van der Waals surface area contributed by atoms with E-state index in [1.165, 1.54) is 22.5 Å². The minimum Gasteiger partial charge on any atom is -0.332 e. The van der Waals surface area contributed by atoms with Crippen LogP contribution in [0.4, 0.5) is 5.69 Å². The molecule has 27 heavy (non-hydrogen) atoms. The number of nitrogens with zero attached hydrogens (tertiary/aromatic N) is 1. The molecule has 1 aliphatic rings. The molecule has 2 aromatic rings. The number of rotatable bonds is 4. The van der Waals surface area contributed by atoms with E-state index in [4.69, 9.17) is 23.8 Å². The smallest absolute Gasteiger partial charge is 0.257 e. The van der Waals surface area contributed by atoms with Crippen molar-refractivity contribution in [2.45, 2.75) is 17.7 Å². The van der Waals surface area contributed by atoms with Gasteiger partial charge in [-0.25, -0.2) is 8.42 Å². The number of anilines is 1. The summed E-state index contributed by atoms with van der Waals surface area (Å²) >= 11 is 11.0. The van der Waals surface area contributed by atoms with Crippen LogP contribution in [0.15, 0.2) is 53.4 Å². The molecule has 1 amide bonds. The number of benzene rings is 2. The second-order valence-corrected chi connectivity index (χ2v) is 8.84. The Morgan fingerprint density at radius 3 is 2.37 bits per heavy atom. The Balaban J connectivity index is 1.62. The van der Waals surface area contributed by atoms with E-state index in [2.05, 4.69) is 10.6 Å². The van der Waals surface area contributed by atoms with Crippen LogP contribution in [-0.4, -0.2) is 36.8 Å². The van der Waals surface area contributed by atoms with Crippen molar-refractivity contribution in [1.82, 2.24) is 9.62 Å². The average molecular weight is 424 g/mol. The van der Waals surface area contributed by atoms with Crippen molar-refractivity contribution in [2.24, 2.45) is 0 Å². The minimum atomic E-state index is -3.45. The summed E-state index contributed by atoms with van der Waals surface area (Å²) in [6, 6.07) is 12.8. The molecule has 0 unspecified atom stereocenters. The van der Waals surface area contributed by atoms with Gasteiger partial charge in [0.1, 0.15) is 0 Å². The summed E-state index contributed by atoms with van der Waals surface area (Å²) in [6.07, 6.45) is 1.78. The molecule has 2 aromatic carbocycles. The van der Waals surface area contributed by atoms with Crippen molar-refractivity contribution in [3.05, 3.63) is 59.1 Å². The fourth-order valence-electron chi connectivity index (χ4n) is 2.76. The van der Waals surface area contributed by atoms with E-state index in [9.17, 15) is 13.2 Å². The van der Waals surface area contributed by atoms with E-state index in [1.807, 2.05) is 0 Å². The topological polar surface area (TPSA) is 78.5 Å². The maximum atomic E-state index is 12.5. The fraction of sp³-hybridized carbons (Fsp3) is 0.222. The normalized spacial score (nSPS) is 14.7. The van der Waals surface area contributed by atoms with E-state index in [0.717, 1.165) is 12.8 Å². The third-order valence-electron chi connectivity index (χ3n) is 4.13. The Labute approximate surface area is 168 Å². The molecule has 2 N–H and O–H groups in total. The van der Waals surface area contributed by atoms with Gasteiger partial charge in [0.05, 0.1) is 4.90 Å². The average Bonchev–Trinajstić information content (AvgIpc) is 3.17. The van der Waals surface area contributed by atoms with Gasteiger partial charge in [-0.1, -0.05) is 17.7 Å². The molecule has 0 bridgehead atoms. The standard InChI is InChI=1S/C18H18ClN3O3S2/c19-14-5-3-4-13(12-14)17(23)21-18(26)20-15-6-8-16(9-7-15)27(24,25)22-10-1-2-11-22/h3-9,12H,1-2,10-11H2,(H2,20,21,23,26). The third kappa shape index (κ3) is 4.84. The molecule has 0 saturated carbocycles. The lowest BCUT2D eigenvalue weighted by Crippen LogP contribution is -2.34. The molecule has 0 spiro atoms. The zero-order valence-electron chi connectivity index (χ0n) is 14.3. The van der Waals surface area contributed by atoms with E-state index in [-0.39, 0.29) is 15.9 Å². The summed E-state index contributed by atoms with van der Waals surface area (Å²) in [5, 5.41) is 5.98. The lowest BCUT2D eigenvalue weighted by Gasteiger charge is -2.16. The number of carbonyl (C=O) groups is 1. The minimum absolute atomic E-state index is 0.107. The Bertz CT molecular complexity index is 956. The monoisotopic (exact) mass is 423 g/mol. The highest BCUT2D eigenvalue weighted by molar-refractivity contribution is 7.89. The summed E-state index contributed by atoms with van der Waals surface area (Å²) in [4.78, 5) is 12.4. The van der Waals surface area contributed by atoms with Gasteiger partial charge in [-0.05, 0) is 67.5 Å². The highest BCUT2D eigenvalue weighted by Gasteiger charge is 2.26.